The van der Waals surface area contributed by atoms with E-state index in [4.69, 9.17) is 34.8 Å². The number of β-amino-alcohol motifs (C(OH)–C–C–N with tert-alkyl or cyclic N) is 1. The van der Waals surface area contributed by atoms with E-state index in [-0.39, 0.29) is 24.8 Å². The average molecular weight is 574 g/mol. The highest BCUT2D eigenvalue weighted by molar-refractivity contribution is 6.32. The van der Waals surface area contributed by atoms with Crippen LogP contribution in [0.4, 0.5) is 11.4 Å². The molecule has 7 nitrogen and oxygen atoms in total. The highest BCUT2D eigenvalue weighted by Crippen LogP contribution is 2.43. The molecule has 0 radical (unpaired) electrons. The summed E-state index contributed by atoms with van der Waals surface area (Å²) in [7, 11) is 0. The Balaban J connectivity index is 1.53. The third-order valence-corrected chi connectivity index (χ3v) is 7.78. The summed E-state index contributed by atoms with van der Waals surface area (Å²) in [5.74, 6) is -0.425. The summed E-state index contributed by atoms with van der Waals surface area (Å²) >= 11 is 18.9. The normalized spacial score (nSPS) is 19.3. The molecule has 0 aromatic heterocycles. The van der Waals surface area contributed by atoms with Crippen LogP contribution < -0.4 is 10.6 Å². The first-order valence-electron chi connectivity index (χ1n) is 12.4. The van der Waals surface area contributed by atoms with E-state index in [2.05, 4.69) is 15.5 Å². The topological polar surface area (TPSA) is 84.9 Å². The van der Waals surface area contributed by atoms with Crippen molar-refractivity contribution in [1.29, 1.82) is 0 Å². The number of aliphatic hydroxyl groups excluding tert-OH is 1. The van der Waals surface area contributed by atoms with Gasteiger partial charge in [-0.2, -0.15) is 0 Å². The van der Waals surface area contributed by atoms with Crippen LogP contribution in [0.5, 0.6) is 0 Å². The van der Waals surface area contributed by atoms with Gasteiger partial charge in [0.2, 0.25) is 0 Å². The first kappa shape index (κ1) is 26.8. The number of benzene rings is 3. The van der Waals surface area contributed by atoms with E-state index in [0.29, 0.717) is 70.3 Å². The summed E-state index contributed by atoms with van der Waals surface area (Å²) in [5.41, 5.74) is 1.79. The second kappa shape index (κ2) is 11.1. The molecular formula is C28H27Cl3N4O3. The highest BCUT2D eigenvalue weighted by Gasteiger charge is 2.47. The van der Waals surface area contributed by atoms with Crippen molar-refractivity contribution >= 4 is 58.0 Å². The molecule has 2 amide bonds. The number of aliphatic hydroxyl groups is 1. The monoisotopic (exact) mass is 572 g/mol. The Labute approximate surface area is 236 Å². The average Bonchev–Trinajstić information content (AvgIpc) is 3.14. The van der Waals surface area contributed by atoms with Crippen molar-refractivity contribution in [3.63, 3.8) is 0 Å². The minimum absolute atomic E-state index is 0.0860. The largest absolute Gasteiger partial charge is 0.395 e. The van der Waals surface area contributed by atoms with Gasteiger partial charge in [-0.25, -0.2) is 0 Å². The number of carbonyl (C=O) groups excluding carboxylic acids is 2. The van der Waals surface area contributed by atoms with Crippen molar-refractivity contribution in [3.05, 3.63) is 92.4 Å². The summed E-state index contributed by atoms with van der Waals surface area (Å²) < 4.78 is 0. The highest BCUT2D eigenvalue weighted by atomic mass is 35.5. The number of piperazine rings is 1. The number of halogens is 3. The van der Waals surface area contributed by atoms with E-state index in [1.807, 2.05) is 24.3 Å². The van der Waals surface area contributed by atoms with E-state index in [1.54, 1.807) is 41.3 Å². The zero-order valence-electron chi connectivity index (χ0n) is 20.5. The van der Waals surface area contributed by atoms with E-state index in [9.17, 15) is 14.7 Å². The van der Waals surface area contributed by atoms with Gasteiger partial charge in [0.05, 0.1) is 12.2 Å². The van der Waals surface area contributed by atoms with Gasteiger partial charge in [0.1, 0.15) is 5.54 Å². The lowest BCUT2D eigenvalue weighted by Gasteiger charge is -2.35. The Morgan fingerprint density at radius 1 is 0.947 bits per heavy atom. The maximum Gasteiger partial charge on any atom is 0.256 e. The molecule has 0 spiro atoms. The molecule has 0 saturated carbocycles. The molecule has 0 aliphatic carbocycles. The van der Waals surface area contributed by atoms with Gasteiger partial charge in [0.25, 0.3) is 11.8 Å². The van der Waals surface area contributed by atoms with Crippen LogP contribution in [0.1, 0.15) is 21.5 Å². The van der Waals surface area contributed by atoms with Gasteiger partial charge < -0.3 is 20.6 Å². The minimum Gasteiger partial charge on any atom is -0.395 e. The third kappa shape index (κ3) is 5.35. The molecular weight excluding hydrogens is 547 g/mol. The summed E-state index contributed by atoms with van der Waals surface area (Å²) in [6.07, 6.45) is 0.272. The van der Waals surface area contributed by atoms with Crippen LogP contribution in [0.2, 0.25) is 15.1 Å². The smallest absolute Gasteiger partial charge is 0.256 e. The van der Waals surface area contributed by atoms with Crippen LogP contribution in [-0.2, 0) is 16.8 Å². The Morgan fingerprint density at radius 3 is 2.39 bits per heavy atom. The first-order chi connectivity index (χ1) is 18.3. The fourth-order valence-corrected chi connectivity index (χ4v) is 5.72. The van der Waals surface area contributed by atoms with Crippen LogP contribution in [0, 0.1) is 0 Å². The Hall–Kier alpha value is -2.81. The summed E-state index contributed by atoms with van der Waals surface area (Å²) in [6.45, 7) is 3.10. The van der Waals surface area contributed by atoms with Gasteiger partial charge in [0, 0.05) is 71.2 Å². The number of nitrogens with zero attached hydrogens (tertiary/aromatic N) is 2. The Bertz CT molecular complexity index is 1380. The molecule has 3 aromatic rings. The van der Waals surface area contributed by atoms with Gasteiger partial charge >= 0.3 is 0 Å². The lowest BCUT2D eigenvalue weighted by Crippen LogP contribution is -2.49. The van der Waals surface area contributed by atoms with Crippen molar-refractivity contribution in [3.8, 4) is 0 Å². The van der Waals surface area contributed by atoms with Gasteiger partial charge in [0.15, 0.2) is 0 Å². The lowest BCUT2D eigenvalue weighted by atomic mass is 9.84. The molecule has 38 heavy (non-hydrogen) atoms. The van der Waals surface area contributed by atoms with Crippen LogP contribution in [-0.4, -0.2) is 66.1 Å². The maximum absolute atomic E-state index is 13.7. The molecule has 2 heterocycles. The number of rotatable bonds is 7. The SMILES string of the molecule is O=C(c1ccc(Cl)cc1NC1(Cc2cccc(Cl)c2)C(=O)Nc2cc(Cl)ccc21)N1CCN(CCO)CC1. The minimum atomic E-state index is -1.25. The number of hydrogen-bond acceptors (Lipinski definition) is 5. The van der Waals surface area contributed by atoms with E-state index in [0.717, 1.165) is 5.56 Å². The molecule has 1 unspecified atom stereocenters. The number of anilines is 2. The third-order valence-electron chi connectivity index (χ3n) is 7.07. The summed E-state index contributed by atoms with van der Waals surface area (Å²) in [4.78, 5) is 31.3. The predicted molar refractivity (Wildman–Crippen MR) is 151 cm³/mol. The standard InChI is InChI=1S/C28H27Cl3N4O3/c29-19-3-1-2-18(14-19)17-28(23-7-5-21(31)16-25(23)32-27(28)38)33-24-15-20(30)4-6-22(24)26(37)35-10-8-34(9-11-35)12-13-36/h1-7,14-16,33,36H,8-13,17H2,(H,32,38). The molecule has 0 bridgehead atoms. The molecule has 1 atom stereocenters. The number of fused-ring (bicyclic) bond motifs is 1. The first-order valence-corrected chi connectivity index (χ1v) is 13.5. The van der Waals surface area contributed by atoms with Crippen LogP contribution >= 0.6 is 34.8 Å². The second-order valence-electron chi connectivity index (χ2n) is 9.53. The van der Waals surface area contributed by atoms with E-state index >= 15 is 0 Å². The molecule has 5 rings (SSSR count). The number of nitrogens with one attached hydrogen (secondary N) is 2. The van der Waals surface area contributed by atoms with Crippen molar-refractivity contribution < 1.29 is 14.7 Å². The Kier molecular flexibility index (Phi) is 7.84. The zero-order chi connectivity index (χ0) is 26.9. The van der Waals surface area contributed by atoms with Gasteiger partial charge in [-0.1, -0.05) is 53.0 Å². The van der Waals surface area contributed by atoms with Gasteiger partial charge in [-0.3, -0.25) is 14.5 Å². The fourth-order valence-electron chi connectivity index (χ4n) is 5.16. The maximum atomic E-state index is 13.7. The fraction of sp³-hybridized carbons (Fsp3) is 0.286. The predicted octanol–water partition coefficient (Wildman–Crippen LogP) is 4.90. The molecule has 3 aromatic carbocycles. The number of carbonyl (C=O) groups is 2. The van der Waals surface area contributed by atoms with Crippen LogP contribution in [0.3, 0.4) is 0 Å². The van der Waals surface area contributed by atoms with Crippen molar-refractivity contribution in [2.24, 2.45) is 0 Å². The summed E-state index contributed by atoms with van der Waals surface area (Å²) in [5, 5.41) is 17.1. The van der Waals surface area contributed by atoms with Crippen molar-refractivity contribution in [2.45, 2.75) is 12.0 Å². The van der Waals surface area contributed by atoms with Crippen LogP contribution in [0.25, 0.3) is 0 Å². The Morgan fingerprint density at radius 2 is 1.66 bits per heavy atom. The quantitative estimate of drug-likeness (QED) is 0.375. The van der Waals surface area contributed by atoms with E-state index < -0.39 is 5.54 Å². The molecule has 2 aliphatic heterocycles. The molecule has 10 heteroatoms. The van der Waals surface area contributed by atoms with Crippen molar-refractivity contribution in [1.82, 2.24) is 9.80 Å². The zero-order valence-corrected chi connectivity index (χ0v) is 22.8. The molecule has 198 valence electrons. The van der Waals surface area contributed by atoms with Crippen LogP contribution in [0.15, 0.2) is 60.7 Å². The van der Waals surface area contributed by atoms with Gasteiger partial charge in [-0.05, 0) is 48.0 Å². The summed E-state index contributed by atoms with van der Waals surface area (Å²) in [6, 6.07) is 17.7. The van der Waals surface area contributed by atoms with Crippen molar-refractivity contribution in [2.75, 3.05) is 50.0 Å². The molecule has 1 saturated heterocycles. The van der Waals surface area contributed by atoms with Gasteiger partial charge in [-0.15, -0.1) is 0 Å². The molecule has 3 N–H and O–H groups in total. The van der Waals surface area contributed by atoms with E-state index in [1.165, 1.54) is 0 Å². The molecule has 2 aliphatic rings. The molecule has 1 fully saturated rings. The lowest BCUT2D eigenvalue weighted by molar-refractivity contribution is -0.119. The second-order valence-corrected chi connectivity index (χ2v) is 10.8. The number of hydrogen-bond donors (Lipinski definition) is 3. The number of amides is 2.